The van der Waals surface area contributed by atoms with Gasteiger partial charge in [0.05, 0.1) is 21.3 Å². The van der Waals surface area contributed by atoms with Crippen LogP contribution in [0.2, 0.25) is 0 Å². The summed E-state index contributed by atoms with van der Waals surface area (Å²) in [5.74, 6) is 0.746. The van der Waals surface area contributed by atoms with E-state index < -0.39 is 5.78 Å². The summed E-state index contributed by atoms with van der Waals surface area (Å²) in [6.07, 6.45) is 3.88. The molecular weight excluding hydrogens is 420 g/mol. The van der Waals surface area contributed by atoms with Gasteiger partial charge in [0, 0.05) is 6.07 Å². The van der Waals surface area contributed by atoms with Crippen LogP contribution in [0.3, 0.4) is 0 Å². The maximum absolute atomic E-state index is 13.0. The van der Waals surface area contributed by atoms with Gasteiger partial charge in [0.15, 0.2) is 17.3 Å². The SMILES string of the molecule is CCc1cc(/C=C/C(=O)c2c(O)cc(OCc3ccccc3)c(OC)c2OC)ccc1OC. The number of methoxy groups -OCH3 is 3. The number of allylic oxidation sites excluding steroid dienone is 1. The molecule has 0 bridgehead atoms. The van der Waals surface area contributed by atoms with E-state index in [0.717, 1.165) is 28.9 Å². The van der Waals surface area contributed by atoms with Gasteiger partial charge in [0.1, 0.15) is 23.7 Å². The fourth-order valence-electron chi connectivity index (χ4n) is 3.51. The van der Waals surface area contributed by atoms with Crippen LogP contribution in [0, 0.1) is 0 Å². The standard InChI is InChI=1S/C27H28O6/c1-5-20-15-18(12-14-23(20)30-2)11-13-21(28)25-22(29)16-24(26(31-3)27(25)32-4)33-17-19-9-7-6-8-10-19/h6-16,29H,5,17H2,1-4H3/b13-11+. The lowest BCUT2D eigenvalue weighted by atomic mass is 10.0. The third-order valence-electron chi connectivity index (χ3n) is 5.19. The summed E-state index contributed by atoms with van der Waals surface area (Å²) in [5.41, 5.74) is 2.83. The van der Waals surface area contributed by atoms with E-state index in [0.29, 0.717) is 0 Å². The number of ketones is 1. The Hall–Kier alpha value is -3.93. The molecule has 0 aromatic heterocycles. The fourth-order valence-corrected chi connectivity index (χ4v) is 3.51. The van der Waals surface area contributed by atoms with Crippen molar-refractivity contribution in [3.8, 4) is 28.7 Å². The van der Waals surface area contributed by atoms with Crippen LogP contribution in [-0.4, -0.2) is 32.2 Å². The highest BCUT2D eigenvalue weighted by molar-refractivity contribution is 6.11. The van der Waals surface area contributed by atoms with E-state index in [1.165, 1.54) is 26.4 Å². The maximum atomic E-state index is 13.0. The first-order valence-corrected chi connectivity index (χ1v) is 10.6. The number of carbonyl (C=O) groups is 1. The number of carbonyl (C=O) groups excluding carboxylic acids is 1. The minimum Gasteiger partial charge on any atom is -0.507 e. The van der Waals surface area contributed by atoms with Crippen molar-refractivity contribution in [1.29, 1.82) is 0 Å². The van der Waals surface area contributed by atoms with Crippen molar-refractivity contribution in [2.45, 2.75) is 20.0 Å². The van der Waals surface area contributed by atoms with Gasteiger partial charge in [0.2, 0.25) is 5.75 Å². The normalized spacial score (nSPS) is 10.8. The highest BCUT2D eigenvalue weighted by atomic mass is 16.5. The molecule has 0 saturated carbocycles. The number of phenolic OH excluding ortho intramolecular Hbond substituents is 1. The molecule has 0 spiro atoms. The molecule has 3 aromatic rings. The van der Waals surface area contributed by atoms with Gasteiger partial charge in [-0.2, -0.15) is 0 Å². The molecule has 0 radical (unpaired) electrons. The molecule has 1 N–H and O–H groups in total. The Bertz CT molecular complexity index is 1140. The first-order valence-electron chi connectivity index (χ1n) is 10.6. The second-order valence-electron chi connectivity index (χ2n) is 7.23. The predicted octanol–water partition coefficient (Wildman–Crippen LogP) is 5.46. The molecule has 6 heteroatoms. The molecule has 3 rings (SSSR count). The van der Waals surface area contributed by atoms with Gasteiger partial charge in [-0.1, -0.05) is 49.4 Å². The van der Waals surface area contributed by atoms with Crippen molar-refractivity contribution >= 4 is 11.9 Å². The van der Waals surface area contributed by atoms with E-state index in [1.807, 2.05) is 55.5 Å². The van der Waals surface area contributed by atoms with Crippen molar-refractivity contribution in [2.24, 2.45) is 0 Å². The molecule has 0 heterocycles. The molecule has 0 atom stereocenters. The number of ether oxygens (including phenoxy) is 4. The van der Waals surface area contributed by atoms with E-state index in [2.05, 4.69) is 0 Å². The zero-order chi connectivity index (χ0) is 23.8. The van der Waals surface area contributed by atoms with Crippen LogP contribution in [0.1, 0.15) is 34.0 Å². The van der Waals surface area contributed by atoms with Crippen molar-refractivity contribution in [2.75, 3.05) is 21.3 Å². The Labute approximate surface area is 194 Å². The number of rotatable bonds is 10. The monoisotopic (exact) mass is 448 g/mol. The molecule has 0 amide bonds. The van der Waals surface area contributed by atoms with Gasteiger partial charge in [-0.05, 0) is 41.3 Å². The number of hydrogen-bond acceptors (Lipinski definition) is 6. The molecule has 0 saturated heterocycles. The van der Waals surface area contributed by atoms with E-state index in [1.54, 1.807) is 13.2 Å². The third kappa shape index (κ3) is 5.47. The van der Waals surface area contributed by atoms with Crippen molar-refractivity contribution in [3.63, 3.8) is 0 Å². The third-order valence-corrected chi connectivity index (χ3v) is 5.19. The Balaban J connectivity index is 1.90. The average molecular weight is 449 g/mol. The van der Waals surface area contributed by atoms with Crippen molar-refractivity contribution < 1.29 is 28.8 Å². The average Bonchev–Trinajstić information content (AvgIpc) is 2.85. The smallest absolute Gasteiger partial charge is 0.204 e. The molecular formula is C27H28O6. The van der Waals surface area contributed by atoms with E-state index in [9.17, 15) is 9.90 Å². The van der Waals surface area contributed by atoms with Crippen LogP contribution >= 0.6 is 0 Å². The first kappa shape index (κ1) is 23.7. The summed E-state index contributed by atoms with van der Waals surface area (Å²) in [6.45, 7) is 2.30. The molecule has 6 nitrogen and oxygen atoms in total. The molecule has 0 unspecified atom stereocenters. The van der Waals surface area contributed by atoms with Gasteiger partial charge in [-0.3, -0.25) is 4.79 Å². The molecule has 0 aliphatic rings. The zero-order valence-electron chi connectivity index (χ0n) is 19.3. The van der Waals surface area contributed by atoms with Gasteiger partial charge < -0.3 is 24.1 Å². The molecule has 33 heavy (non-hydrogen) atoms. The predicted molar refractivity (Wildman–Crippen MR) is 128 cm³/mol. The summed E-state index contributed by atoms with van der Waals surface area (Å²) in [6, 6.07) is 16.6. The Morgan fingerprint density at radius 1 is 0.909 bits per heavy atom. The van der Waals surface area contributed by atoms with Crippen LogP contribution in [0.4, 0.5) is 0 Å². The van der Waals surface area contributed by atoms with Gasteiger partial charge in [-0.25, -0.2) is 0 Å². The summed E-state index contributed by atoms with van der Waals surface area (Å²) in [7, 11) is 4.50. The van der Waals surface area contributed by atoms with Crippen LogP contribution in [-0.2, 0) is 13.0 Å². The summed E-state index contributed by atoms with van der Waals surface area (Å²) in [4.78, 5) is 13.0. The number of hydrogen-bond donors (Lipinski definition) is 1. The lowest BCUT2D eigenvalue weighted by Crippen LogP contribution is -2.05. The van der Waals surface area contributed by atoms with E-state index >= 15 is 0 Å². The summed E-state index contributed by atoms with van der Waals surface area (Å²) < 4.78 is 22.1. The molecule has 0 aliphatic heterocycles. The minimum absolute atomic E-state index is 0.00175. The van der Waals surface area contributed by atoms with Crippen LogP contribution in [0.15, 0.2) is 60.7 Å². The zero-order valence-corrected chi connectivity index (χ0v) is 19.3. The topological polar surface area (TPSA) is 74.2 Å². The van der Waals surface area contributed by atoms with Crippen molar-refractivity contribution in [3.05, 3.63) is 82.9 Å². The maximum Gasteiger partial charge on any atom is 0.204 e. The van der Waals surface area contributed by atoms with E-state index in [-0.39, 0.29) is 35.2 Å². The second kappa shape index (κ2) is 11.1. The van der Waals surface area contributed by atoms with Crippen LogP contribution in [0.25, 0.3) is 6.08 Å². The Morgan fingerprint density at radius 3 is 2.27 bits per heavy atom. The van der Waals surface area contributed by atoms with Crippen LogP contribution < -0.4 is 18.9 Å². The molecule has 0 fully saturated rings. The highest BCUT2D eigenvalue weighted by Gasteiger charge is 2.24. The summed E-state index contributed by atoms with van der Waals surface area (Å²) >= 11 is 0. The number of aryl methyl sites for hydroxylation is 1. The van der Waals surface area contributed by atoms with Gasteiger partial charge in [-0.15, -0.1) is 0 Å². The largest absolute Gasteiger partial charge is 0.507 e. The highest BCUT2D eigenvalue weighted by Crippen LogP contribution is 2.45. The molecule has 3 aromatic carbocycles. The molecule has 0 aliphatic carbocycles. The second-order valence-corrected chi connectivity index (χ2v) is 7.23. The fraction of sp³-hybridized carbons (Fsp3) is 0.222. The van der Waals surface area contributed by atoms with Crippen molar-refractivity contribution in [1.82, 2.24) is 0 Å². The van der Waals surface area contributed by atoms with Crippen LogP contribution in [0.5, 0.6) is 28.7 Å². The minimum atomic E-state index is -0.425. The van der Waals surface area contributed by atoms with Gasteiger partial charge in [0.25, 0.3) is 0 Å². The lowest BCUT2D eigenvalue weighted by Gasteiger charge is -2.17. The molecule has 172 valence electrons. The lowest BCUT2D eigenvalue weighted by molar-refractivity contribution is 0.104. The number of phenols is 1. The number of aromatic hydroxyl groups is 1. The van der Waals surface area contributed by atoms with Gasteiger partial charge >= 0.3 is 0 Å². The summed E-state index contributed by atoms with van der Waals surface area (Å²) in [5, 5.41) is 10.7. The quantitative estimate of drug-likeness (QED) is 0.328. The Morgan fingerprint density at radius 2 is 1.64 bits per heavy atom. The first-order chi connectivity index (χ1) is 16.0. The van der Waals surface area contributed by atoms with E-state index in [4.69, 9.17) is 18.9 Å². The number of benzene rings is 3. The Kier molecular flexibility index (Phi) is 7.97.